The zero-order chi connectivity index (χ0) is 16.8. The molecule has 6 nitrogen and oxygen atoms in total. The number of carbonyl (C=O) groups is 2. The molecule has 0 saturated heterocycles. The van der Waals surface area contributed by atoms with Crippen LogP contribution < -0.4 is 20.1 Å². The van der Waals surface area contributed by atoms with Gasteiger partial charge in [0.25, 0.3) is 11.8 Å². The highest BCUT2D eigenvalue weighted by atomic mass is 16.5. The van der Waals surface area contributed by atoms with Crippen LogP contribution in [0.3, 0.4) is 0 Å². The van der Waals surface area contributed by atoms with Crippen LogP contribution in [0.5, 0.6) is 11.5 Å². The second-order valence-electron chi connectivity index (χ2n) is 5.37. The molecule has 0 aromatic heterocycles. The lowest BCUT2D eigenvalue weighted by atomic mass is 10.1. The van der Waals surface area contributed by atoms with Crippen molar-refractivity contribution in [3.63, 3.8) is 0 Å². The van der Waals surface area contributed by atoms with Crippen molar-refractivity contribution in [2.24, 2.45) is 0 Å². The fourth-order valence-electron chi connectivity index (χ4n) is 2.34. The second kappa shape index (κ2) is 7.50. The van der Waals surface area contributed by atoms with Crippen LogP contribution in [0.25, 0.3) is 0 Å². The predicted molar refractivity (Wildman–Crippen MR) is 89.2 cm³/mol. The summed E-state index contributed by atoms with van der Waals surface area (Å²) in [6.07, 6.45) is 0.773. The van der Waals surface area contributed by atoms with E-state index < -0.39 is 0 Å². The van der Waals surface area contributed by atoms with Crippen LogP contribution in [0, 0.1) is 0 Å². The van der Waals surface area contributed by atoms with E-state index in [1.54, 1.807) is 18.2 Å². The van der Waals surface area contributed by atoms with Crippen LogP contribution in [0.2, 0.25) is 0 Å². The van der Waals surface area contributed by atoms with Crippen LogP contribution >= 0.6 is 0 Å². The van der Waals surface area contributed by atoms with Gasteiger partial charge in [-0.2, -0.15) is 0 Å². The summed E-state index contributed by atoms with van der Waals surface area (Å²) in [6, 6.07) is 15.0. The SMILES string of the molecule is O=C(COc1ccc2c(c1)NC(=O)CO2)NCCc1ccccc1. The highest BCUT2D eigenvalue weighted by Crippen LogP contribution is 2.31. The minimum Gasteiger partial charge on any atom is -0.484 e. The monoisotopic (exact) mass is 326 g/mol. The normalized spacial score (nSPS) is 12.6. The molecule has 2 aromatic carbocycles. The van der Waals surface area contributed by atoms with E-state index in [0.29, 0.717) is 23.7 Å². The fraction of sp³-hybridized carbons (Fsp3) is 0.222. The largest absolute Gasteiger partial charge is 0.484 e. The van der Waals surface area contributed by atoms with Gasteiger partial charge in [-0.05, 0) is 24.1 Å². The summed E-state index contributed by atoms with van der Waals surface area (Å²) in [4.78, 5) is 23.1. The molecule has 1 aliphatic rings. The van der Waals surface area contributed by atoms with Crippen molar-refractivity contribution in [3.05, 3.63) is 54.1 Å². The van der Waals surface area contributed by atoms with E-state index in [-0.39, 0.29) is 25.0 Å². The van der Waals surface area contributed by atoms with Gasteiger partial charge in [-0.15, -0.1) is 0 Å². The van der Waals surface area contributed by atoms with E-state index in [9.17, 15) is 9.59 Å². The summed E-state index contributed by atoms with van der Waals surface area (Å²) in [7, 11) is 0. The molecular weight excluding hydrogens is 308 g/mol. The van der Waals surface area contributed by atoms with Gasteiger partial charge in [0.05, 0.1) is 5.69 Å². The first-order chi connectivity index (χ1) is 11.7. The second-order valence-corrected chi connectivity index (χ2v) is 5.37. The molecule has 24 heavy (non-hydrogen) atoms. The topological polar surface area (TPSA) is 76.7 Å². The van der Waals surface area contributed by atoms with Crippen molar-refractivity contribution in [3.8, 4) is 11.5 Å². The molecule has 0 saturated carbocycles. The Bertz CT molecular complexity index is 731. The molecule has 0 fully saturated rings. The Kier molecular flexibility index (Phi) is 4.96. The number of anilines is 1. The molecule has 1 aliphatic heterocycles. The van der Waals surface area contributed by atoms with Gasteiger partial charge in [0.2, 0.25) is 0 Å². The molecule has 2 N–H and O–H groups in total. The number of nitrogens with one attached hydrogen (secondary N) is 2. The molecule has 0 atom stereocenters. The molecule has 0 spiro atoms. The van der Waals surface area contributed by atoms with Crippen molar-refractivity contribution in [2.45, 2.75) is 6.42 Å². The van der Waals surface area contributed by atoms with Gasteiger partial charge < -0.3 is 20.1 Å². The third-order valence-corrected chi connectivity index (χ3v) is 3.53. The van der Waals surface area contributed by atoms with Crippen molar-refractivity contribution in [1.29, 1.82) is 0 Å². The number of carbonyl (C=O) groups excluding carboxylic acids is 2. The average molecular weight is 326 g/mol. The van der Waals surface area contributed by atoms with Gasteiger partial charge in [0.15, 0.2) is 13.2 Å². The number of hydrogen-bond acceptors (Lipinski definition) is 4. The Balaban J connectivity index is 1.44. The quantitative estimate of drug-likeness (QED) is 0.848. The summed E-state index contributed by atoms with van der Waals surface area (Å²) in [5.74, 6) is 0.689. The molecule has 2 aromatic rings. The lowest BCUT2D eigenvalue weighted by molar-refractivity contribution is -0.123. The van der Waals surface area contributed by atoms with Gasteiger partial charge in [-0.25, -0.2) is 0 Å². The highest BCUT2D eigenvalue weighted by Gasteiger charge is 2.16. The Morgan fingerprint density at radius 3 is 2.88 bits per heavy atom. The summed E-state index contributed by atoms with van der Waals surface area (Å²) in [5.41, 5.74) is 1.72. The molecule has 124 valence electrons. The molecular formula is C18H18N2O4. The van der Waals surface area contributed by atoms with E-state index >= 15 is 0 Å². The number of rotatable bonds is 6. The Morgan fingerprint density at radius 2 is 2.04 bits per heavy atom. The molecule has 0 bridgehead atoms. The zero-order valence-corrected chi connectivity index (χ0v) is 13.1. The number of hydrogen-bond donors (Lipinski definition) is 2. The Hall–Kier alpha value is -3.02. The summed E-state index contributed by atoms with van der Waals surface area (Å²) in [6.45, 7) is 0.486. The van der Waals surface area contributed by atoms with Gasteiger partial charge in [-0.1, -0.05) is 30.3 Å². The van der Waals surface area contributed by atoms with Crippen molar-refractivity contribution in [1.82, 2.24) is 5.32 Å². The van der Waals surface area contributed by atoms with E-state index in [0.717, 1.165) is 6.42 Å². The van der Waals surface area contributed by atoms with E-state index in [2.05, 4.69) is 10.6 Å². The standard InChI is InChI=1S/C18H18N2O4/c21-17(19-9-8-13-4-2-1-3-5-13)11-23-14-6-7-16-15(10-14)20-18(22)12-24-16/h1-7,10H,8-9,11-12H2,(H,19,21)(H,20,22). The number of amides is 2. The lowest BCUT2D eigenvalue weighted by Crippen LogP contribution is -2.30. The third-order valence-electron chi connectivity index (χ3n) is 3.53. The first-order valence-electron chi connectivity index (χ1n) is 7.71. The molecule has 6 heteroatoms. The Morgan fingerprint density at radius 1 is 1.21 bits per heavy atom. The van der Waals surface area contributed by atoms with Crippen LogP contribution in [-0.2, 0) is 16.0 Å². The van der Waals surface area contributed by atoms with Gasteiger partial charge in [0.1, 0.15) is 11.5 Å². The zero-order valence-electron chi connectivity index (χ0n) is 13.1. The van der Waals surface area contributed by atoms with E-state index in [1.165, 1.54) is 5.56 Å². The van der Waals surface area contributed by atoms with Gasteiger partial charge >= 0.3 is 0 Å². The first kappa shape index (κ1) is 15.9. The average Bonchev–Trinajstić information content (AvgIpc) is 2.60. The number of ether oxygens (including phenoxy) is 2. The summed E-state index contributed by atoms with van der Waals surface area (Å²) in [5, 5.41) is 5.51. The van der Waals surface area contributed by atoms with Crippen LogP contribution in [0.15, 0.2) is 48.5 Å². The van der Waals surface area contributed by atoms with Crippen molar-refractivity contribution < 1.29 is 19.1 Å². The summed E-state index contributed by atoms with van der Waals surface area (Å²) < 4.78 is 10.7. The Labute approximate surface area is 139 Å². The van der Waals surface area contributed by atoms with E-state index in [4.69, 9.17) is 9.47 Å². The third kappa shape index (κ3) is 4.25. The molecule has 0 radical (unpaired) electrons. The minimum absolute atomic E-state index is 0.0109. The summed E-state index contributed by atoms with van der Waals surface area (Å²) >= 11 is 0. The van der Waals surface area contributed by atoms with E-state index in [1.807, 2.05) is 30.3 Å². The smallest absolute Gasteiger partial charge is 0.262 e. The van der Waals surface area contributed by atoms with Crippen molar-refractivity contribution in [2.75, 3.05) is 25.1 Å². The number of fused-ring (bicyclic) bond motifs is 1. The lowest BCUT2D eigenvalue weighted by Gasteiger charge is -2.18. The number of benzene rings is 2. The highest BCUT2D eigenvalue weighted by molar-refractivity contribution is 5.95. The predicted octanol–water partition coefficient (Wildman–Crippen LogP) is 1.76. The maximum atomic E-state index is 11.8. The maximum Gasteiger partial charge on any atom is 0.262 e. The minimum atomic E-state index is -0.210. The molecule has 3 rings (SSSR count). The molecule has 2 amide bonds. The first-order valence-corrected chi connectivity index (χ1v) is 7.71. The maximum absolute atomic E-state index is 11.8. The van der Waals surface area contributed by atoms with Gasteiger partial charge in [0, 0.05) is 12.6 Å². The van der Waals surface area contributed by atoms with Crippen LogP contribution in [-0.4, -0.2) is 31.6 Å². The molecule has 0 unspecified atom stereocenters. The fourth-order valence-corrected chi connectivity index (χ4v) is 2.34. The molecule has 0 aliphatic carbocycles. The van der Waals surface area contributed by atoms with Gasteiger partial charge in [-0.3, -0.25) is 9.59 Å². The molecule has 1 heterocycles. The van der Waals surface area contributed by atoms with Crippen LogP contribution in [0.1, 0.15) is 5.56 Å². The van der Waals surface area contributed by atoms with Crippen molar-refractivity contribution >= 4 is 17.5 Å². The van der Waals surface area contributed by atoms with Crippen LogP contribution in [0.4, 0.5) is 5.69 Å².